The predicted molar refractivity (Wildman–Crippen MR) is 76.7 cm³/mol. The molecule has 0 saturated carbocycles. The van der Waals surface area contributed by atoms with E-state index < -0.39 is 5.97 Å². The highest BCUT2D eigenvalue weighted by Gasteiger charge is 2.08. The lowest BCUT2D eigenvalue weighted by Crippen LogP contribution is -1.94. The summed E-state index contributed by atoms with van der Waals surface area (Å²) in [5, 5.41) is 8.81. The van der Waals surface area contributed by atoms with Crippen molar-refractivity contribution in [2.45, 2.75) is 6.92 Å². The summed E-state index contributed by atoms with van der Waals surface area (Å²) in [6.07, 6.45) is 1.40. The van der Waals surface area contributed by atoms with Crippen molar-refractivity contribution in [3.05, 3.63) is 64.0 Å². The van der Waals surface area contributed by atoms with Gasteiger partial charge in [-0.25, -0.2) is 4.85 Å². The van der Waals surface area contributed by atoms with E-state index in [1.54, 1.807) is 0 Å². The fraction of sp³-hybridized carbons (Fsp3) is 0.0667. The van der Waals surface area contributed by atoms with Crippen molar-refractivity contribution >= 4 is 23.4 Å². The van der Waals surface area contributed by atoms with Crippen molar-refractivity contribution in [1.82, 2.24) is 0 Å². The van der Waals surface area contributed by atoms with Gasteiger partial charge in [-0.1, -0.05) is 29.8 Å². The van der Waals surface area contributed by atoms with E-state index >= 15 is 0 Å². The molecule has 1 aromatic heterocycles. The first kappa shape index (κ1) is 13.1. The molecule has 0 aliphatic carbocycles. The standard InChI is InChI=1S/C15H11NO2S/c1-10-3-5-11(6-4-10)14-8-7-12(19-14)9-13(16-2)15(17)18/h3-9H,1H3,(H,17,18)/b13-9-. The molecule has 19 heavy (non-hydrogen) atoms. The van der Waals surface area contributed by atoms with E-state index in [-0.39, 0.29) is 5.70 Å². The van der Waals surface area contributed by atoms with Crippen molar-refractivity contribution in [3.8, 4) is 10.4 Å². The van der Waals surface area contributed by atoms with Crippen molar-refractivity contribution in [3.63, 3.8) is 0 Å². The van der Waals surface area contributed by atoms with Crippen LogP contribution in [0, 0.1) is 13.5 Å². The second-order valence-electron chi connectivity index (χ2n) is 4.01. The number of carboxylic acids is 1. The van der Waals surface area contributed by atoms with Crippen LogP contribution in [0.3, 0.4) is 0 Å². The Labute approximate surface area is 115 Å². The van der Waals surface area contributed by atoms with Gasteiger partial charge in [-0.3, -0.25) is 4.79 Å². The van der Waals surface area contributed by atoms with E-state index in [2.05, 4.69) is 4.85 Å². The fourth-order valence-corrected chi connectivity index (χ4v) is 2.53. The van der Waals surface area contributed by atoms with Gasteiger partial charge in [0.2, 0.25) is 0 Å². The van der Waals surface area contributed by atoms with Gasteiger partial charge in [-0.2, -0.15) is 0 Å². The highest BCUT2D eigenvalue weighted by Crippen LogP contribution is 2.29. The summed E-state index contributed by atoms with van der Waals surface area (Å²) in [7, 11) is 0. The van der Waals surface area contributed by atoms with Crippen LogP contribution in [0.2, 0.25) is 0 Å². The topological polar surface area (TPSA) is 41.7 Å². The van der Waals surface area contributed by atoms with Crippen LogP contribution in [0.5, 0.6) is 0 Å². The average molecular weight is 269 g/mol. The Hall–Kier alpha value is -2.38. The molecule has 0 atom stereocenters. The smallest absolute Gasteiger partial charge is 0.333 e. The van der Waals surface area contributed by atoms with Gasteiger partial charge in [0.25, 0.3) is 5.70 Å². The van der Waals surface area contributed by atoms with Gasteiger partial charge >= 0.3 is 5.97 Å². The second kappa shape index (κ2) is 5.51. The molecule has 2 rings (SSSR count). The number of thiophene rings is 1. The summed E-state index contributed by atoms with van der Waals surface area (Å²) in [6, 6.07) is 11.9. The molecule has 1 heterocycles. The molecule has 0 bridgehead atoms. The van der Waals surface area contributed by atoms with Crippen LogP contribution >= 0.6 is 11.3 Å². The van der Waals surface area contributed by atoms with E-state index in [9.17, 15) is 4.79 Å². The zero-order valence-electron chi connectivity index (χ0n) is 10.3. The summed E-state index contributed by atoms with van der Waals surface area (Å²) in [4.78, 5) is 15.6. The maximum Gasteiger partial charge on any atom is 0.333 e. The minimum absolute atomic E-state index is 0.266. The summed E-state index contributed by atoms with van der Waals surface area (Å²) in [5.41, 5.74) is 2.02. The first-order chi connectivity index (χ1) is 9.10. The Balaban J connectivity index is 2.32. The maximum atomic E-state index is 10.8. The normalized spacial score (nSPS) is 11.1. The SMILES string of the molecule is [C-]#[N+]/C(=C\c1ccc(-c2ccc(C)cc2)s1)C(=O)O. The first-order valence-corrected chi connectivity index (χ1v) is 6.41. The van der Waals surface area contributed by atoms with Crippen LogP contribution in [-0.4, -0.2) is 11.1 Å². The Morgan fingerprint density at radius 2 is 1.95 bits per heavy atom. The van der Waals surface area contributed by atoms with Crippen LogP contribution in [0.15, 0.2) is 42.1 Å². The Morgan fingerprint density at radius 3 is 2.53 bits per heavy atom. The quantitative estimate of drug-likeness (QED) is 0.674. The number of aryl methyl sites for hydroxylation is 1. The summed E-state index contributed by atoms with van der Waals surface area (Å²) < 4.78 is 0. The van der Waals surface area contributed by atoms with Gasteiger partial charge in [0.15, 0.2) is 0 Å². The monoisotopic (exact) mass is 269 g/mol. The van der Waals surface area contributed by atoms with E-state index in [0.717, 1.165) is 15.3 Å². The van der Waals surface area contributed by atoms with Crippen molar-refractivity contribution < 1.29 is 9.90 Å². The Morgan fingerprint density at radius 1 is 1.26 bits per heavy atom. The molecule has 2 aromatic rings. The van der Waals surface area contributed by atoms with Gasteiger partial charge < -0.3 is 5.11 Å². The average Bonchev–Trinajstić information content (AvgIpc) is 2.85. The minimum Gasteiger partial charge on any atom is -0.486 e. The lowest BCUT2D eigenvalue weighted by Gasteiger charge is -1.97. The zero-order valence-corrected chi connectivity index (χ0v) is 11.1. The zero-order chi connectivity index (χ0) is 13.8. The van der Waals surface area contributed by atoms with Gasteiger partial charge in [0.1, 0.15) is 0 Å². The largest absolute Gasteiger partial charge is 0.486 e. The highest BCUT2D eigenvalue weighted by atomic mass is 32.1. The molecule has 0 saturated heterocycles. The third-order valence-electron chi connectivity index (χ3n) is 2.58. The van der Waals surface area contributed by atoms with Crippen LogP contribution in [0.4, 0.5) is 0 Å². The number of benzene rings is 1. The third kappa shape index (κ3) is 3.09. The number of carbonyl (C=O) groups is 1. The number of aliphatic carboxylic acids is 1. The van der Waals surface area contributed by atoms with Crippen molar-refractivity contribution in [2.24, 2.45) is 0 Å². The summed E-state index contributed by atoms with van der Waals surface area (Å²) >= 11 is 1.47. The van der Waals surface area contributed by atoms with Crippen LogP contribution in [0.1, 0.15) is 10.4 Å². The summed E-state index contributed by atoms with van der Waals surface area (Å²) in [5.74, 6) is -1.19. The first-order valence-electron chi connectivity index (χ1n) is 5.59. The van der Waals surface area contributed by atoms with E-state index in [0.29, 0.717) is 0 Å². The lowest BCUT2D eigenvalue weighted by molar-refractivity contribution is -0.132. The Bertz CT molecular complexity index is 675. The molecule has 0 amide bonds. The molecule has 1 N–H and O–H groups in total. The predicted octanol–water partition coefficient (Wildman–Crippen LogP) is 4.07. The van der Waals surface area contributed by atoms with Crippen LogP contribution < -0.4 is 0 Å². The molecule has 1 aromatic carbocycles. The fourth-order valence-electron chi connectivity index (χ4n) is 1.58. The highest BCUT2D eigenvalue weighted by molar-refractivity contribution is 7.16. The molecule has 0 aliphatic rings. The molecule has 0 fully saturated rings. The summed E-state index contributed by atoms with van der Waals surface area (Å²) in [6.45, 7) is 8.84. The van der Waals surface area contributed by atoms with Gasteiger partial charge in [0.05, 0.1) is 6.57 Å². The number of hydrogen-bond donors (Lipinski definition) is 1. The van der Waals surface area contributed by atoms with E-state index in [1.165, 1.54) is 23.0 Å². The third-order valence-corrected chi connectivity index (χ3v) is 3.66. The number of hydrogen-bond acceptors (Lipinski definition) is 2. The van der Waals surface area contributed by atoms with E-state index in [1.807, 2.05) is 43.3 Å². The van der Waals surface area contributed by atoms with Crippen molar-refractivity contribution in [2.75, 3.05) is 0 Å². The molecule has 4 heteroatoms. The van der Waals surface area contributed by atoms with Gasteiger partial charge in [-0.05, 0) is 30.7 Å². The Kier molecular flexibility index (Phi) is 3.79. The molecular formula is C15H11NO2S. The molecule has 0 aliphatic heterocycles. The van der Waals surface area contributed by atoms with Gasteiger partial charge in [-0.15, -0.1) is 11.3 Å². The molecule has 0 radical (unpaired) electrons. The van der Waals surface area contributed by atoms with Crippen molar-refractivity contribution in [1.29, 1.82) is 0 Å². The molecular weight excluding hydrogens is 258 g/mol. The molecule has 0 spiro atoms. The lowest BCUT2D eigenvalue weighted by atomic mass is 10.1. The molecule has 0 unspecified atom stereocenters. The molecule has 94 valence electrons. The van der Waals surface area contributed by atoms with Crippen LogP contribution in [0.25, 0.3) is 21.4 Å². The number of nitrogens with zero attached hydrogens (tertiary/aromatic N) is 1. The number of carboxylic acid groups (broad SMARTS) is 1. The van der Waals surface area contributed by atoms with E-state index in [4.69, 9.17) is 11.7 Å². The molecule has 3 nitrogen and oxygen atoms in total. The van der Waals surface area contributed by atoms with Gasteiger partial charge in [0, 0.05) is 9.75 Å². The second-order valence-corrected chi connectivity index (χ2v) is 5.13. The number of rotatable bonds is 3. The van der Waals surface area contributed by atoms with Crippen LogP contribution in [-0.2, 0) is 4.79 Å². The maximum absolute atomic E-state index is 10.8. The minimum atomic E-state index is -1.19.